The summed E-state index contributed by atoms with van der Waals surface area (Å²) in [5.74, 6) is 0.117. The maximum absolute atomic E-state index is 13.9. The maximum atomic E-state index is 13.9. The van der Waals surface area contributed by atoms with E-state index in [-0.39, 0.29) is 62.3 Å². The number of aromatic nitrogens is 2. The third-order valence-electron chi connectivity index (χ3n) is 9.48. The summed E-state index contributed by atoms with van der Waals surface area (Å²) in [5.41, 5.74) is 6.96. The van der Waals surface area contributed by atoms with E-state index in [1.807, 2.05) is 82.3 Å². The van der Waals surface area contributed by atoms with Gasteiger partial charge < -0.3 is 39.4 Å². The quantitative estimate of drug-likeness (QED) is 0.187. The molecular formula is C47H67GdN2O6. The van der Waals surface area contributed by atoms with Gasteiger partial charge in [0.25, 0.3) is 0 Å². The summed E-state index contributed by atoms with van der Waals surface area (Å²) >= 11 is 0. The molecule has 3 aromatic carbocycles. The minimum absolute atomic E-state index is 0. The van der Waals surface area contributed by atoms with Gasteiger partial charge in [0.15, 0.2) is 0 Å². The Morgan fingerprint density at radius 2 is 1.00 bits per heavy atom. The second kappa shape index (κ2) is 24.4. The summed E-state index contributed by atoms with van der Waals surface area (Å²) in [6, 6.07) is 17.4. The van der Waals surface area contributed by atoms with E-state index in [4.69, 9.17) is 18.9 Å². The second-order valence-electron chi connectivity index (χ2n) is 16.7. The van der Waals surface area contributed by atoms with Gasteiger partial charge in [0.2, 0.25) is 0 Å². The first-order valence-corrected chi connectivity index (χ1v) is 20.0. The normalized spacial score (nSPS) is 14.9. The largest absolute Gasteiger partial charge is 3.00 e. The first-order chi connectivity index (χ1) is 26.0. The molecule has 4 aromatic rings. The number of hydrogen-bond acceptors (Lipinski definition) is 7. The van der Waals surface area contributed by atoms with Gasteiger partial charge >= 0.3 is 39.9 Å². The van der Waals surface area contributed by atoms with Crippen LogP contribution in [0.5, 0.6) is 17.2 Å². The predicted molar refractivity (Wildman–Crippen MR) is 220 cm³/mol. The fourth-order valence-corrected chi connectivity index (χ4v) is 6.60. The molecule has 3 aliphatic rings. The molecule has 0 N–H and O–H groups in total. The van der Waals surface area contributed by atoms with Crippen molar-refractivity contribution in [3.8, 4) is 17.2 Å². The van der Waals surface area contributed by atoms with E-state index in [2.05, 4.69) is 51.7 Å². The number of para-hydroxylation sites is 1. The van der Waals surface area contributed by atoms with Crippen LogP contribution >= 0.6 is 0 Å². The zero-order valence-corrected chi connectivity index (χ0v) is 38.2. The Kier molecular flexibility index (Phi) is 21.6. The van der Waals surface area contributed by atoms with Crippen molar-refractivity contribution in [3.05, 3.63) is 105 Å². The molecule has 0 aliphatic carbocycles. The van der Waals surface area contributed by atoms with E-state index in [9.17, 15) is 10.2 Å². The molecular weight excluding hydrogens is 846 g/mol. The van der Waals surface area contributed by atoms with E-state index >= 15 is 0 Å². The summed E-state index contributed by atoms with van der Waals surface area (Å²) < 4.78 is 20.5. The fraction of sp³-hybridized carbons (Fsp3) is 0.553. The van der Waals surface area contributed by atoms with E-state index in [0.717, 1.165) is 78.8 Å². The summed E-state index contributed by atoms with van der Waals surface area (Å²) in [6.07, 6.45) is 7.67. The van der Waals surface area contributed by atoms with Gasteiger partial charge in [-0.15, -0.1) is 17.2 Å². The second-order valence-corrected chi connectivity index (χ2v) is 16.7. The van der Waals surface area contributed by atoms with Gasteiger partial charge in [0.05, 0.1) is 7.11 Å². The molecule has 3 saturated heterocycles. The molecule has 0 unspecified atom stereocenters. The van der Waals surface area contributed by atoms with Crippen molar-refractivity contribution in [2.45, 2.75) is 125 Å². The molecule has 309 valence electrons. The molecule has 0 saturated carbocycles. The summed E-state index contributed by atoms with van der Waals surface area (Å²) in [5, 5.41) is 35.3. The number of hydrogen-bond donors (Lipinski definition) is 0. The van der Waals surface area contributed by atoms with Crippen LogP contribution < -0.4 is 20.0 Å². The van der Waals surface area contributed by atoms with Gasteiger partial charge in [0, 0.05) is 56.8 Å². The Labute approximate surface area is 370 Å². The Morgan fingerprint density at radius 3 is 1.27 bits per heavy atom. The Bertz CT molecular complexity index is 1600. The number of rotatable bonds is 4. The van der Waals surface area contributed by atoms with Crippen molar-refractivity contribution in [1.82, 2.24) is 10.2 Å². The molecule has 3 aliphatic heterocycles. The molecule has 9 heteroatoms. The molecule has 7 rings (SSSR count). The average molecular weight is 913 g/mol. The van der Waals surface area contributed by atoms with Crippen molar-refractivity contribution in [2.75, 3.05) is 46.8 Å². The smallest absolute Gasteiger partial charge is 0.872 e. The minimum Gasteiger partial charge on any atom is -0.872 e. The van der Waals surface area contributed by atoms with Crippen LogP contribution in [0.4, 0.5) is 0 Å². The third-order valence-corrected chi connectivity index (χ3v) is 9.48. The van der Waals surface area contributed by atoms with Crippen molar-refractivity contribution in [3.63, 3.8) is 0 Å². The van der Waals surface area contributed by atoms with Crippen LogP contribution in [0.15, 0.2) is 54.6 Å². The number of ether oxygens (including phenoxy) is 4. The van der Waals surface area contributed by atoms with Crippen LogP contribution in [0, 0.1) is 67.6 Å². The molecule has 0 atom stereocenters. The van der Waals surface area contributed by atoms with E-state index in [1.54, 1.807) is 7.11 Å². The monoisotopic (exact) mass is 913 g/mol. The van der Waals surface area contributed by atoms with Crippen LogP contribution in [0.2, 0.25) is 0 Å². The Hall–Kier alpha value is -2.53. The van der Waals surface area contributed by atoms with Crippen molar-refractivity contribution in [1.29, 1.82) is 0 Å². The van der Waals surface area contributed by atoms with Crippen LogP contribution in [-0.2, 0) is 25.0 Å². The topological polar surface area (TPSA) is 110 Å². The van der Waals surface area contributed by atoms with E-state index in [0.29, 0.717) is 16.9 Å². The zero-order chi connectivity index (χ0) is 40.6. The van der Waals surface area contributed by atoms with Crippen LogP contribution in [0.25, 0.3) is 0 Å². The van der Waals surface area contributed by atoms with E-state index in [1.165, 1.54) is 38.5 Å². The minimum atomic E-state index is -0.525. The van der Waals surface area contributed by atoms with Crippen molar-refractivity contribution >= 4 is 0 Å². The van der Waals surface area contributed by atoms with Gasteiger partial charge in [-0.3, -0.25) is 0 Å². The maximum Gasteiger partial charge on any atom is 3.00 e. The van der Waals surface area contributed by atoms with Crippen LogP contribution in [0.1, 0.15) is 136 Å². The molecule has 56 heavy (non-hydrogen) atoms. The number of benzene rings is 3. The predicted octanol–water partition coefficient (Wildman–Crippen LogP) is 9.28. The standard InChI is InChI=1S/C30H38O3.C5H7N2.3C4H8O.Gd/c1-18-14-21(27(31)23(16-18)29(3,4)5)26(20-12-10-11-13-25(20)33-9)22-15-19(2)17-24(28(22)32)30(6,7)8;1-4-3-5(2)7-6-4;3*1-2-4-5-3-1;/h10-17,26,31-32H,1-9H3;3H,1-2H3;3*1-4H2;/q;-1;;;;+3/p-2. The van der Waals surface area contributed by atoms with Gasteiger partial charge in [-0.2, -0.15) is 0 Å². The molecule has 8 nitrogen and oxygen atoms in total. The number of methoxy groups -OCH3 is 1. The summed E-state index contributed by atoms with van der Waals surface area (Å²) in [6.45, 7) is 26.2. The third kappa shape index (κ3) is 16.0. The van der Waals surface area contributed by atoms with Crippen LogP contribution in [-0.4, -0.2) is 51.8 Å². The molecule has 0 amide bonds. The summed E-state index contributed by atoms with van der Waals surface area (Å²) in [4.78, 5) is 0. The van der Waals surface area contributed by atoms with Crippen LogP contribution in [0.3, 0.4) is 0 Å². The molecule has 4 heterocycles. The first-order valence-electron chi connectivity index (χ1n) is 20.0. The summed E-state index contributed by atoms with van der Waals surface area (Å²) in [7, 11) is 1.62. The first kappa shape index (κ1) is 49.6. The van der Waals surface area contributed by atoms with E-state index < -0.39 is 5.92 Å². The van der Waals surface area contributed by atoms with Crippen molar-refractivity contribution in [2.24, 2.45) is 0 Å². The van der Waals surface area contributed by atoms with Crippen molar-refractivity contribution < 1.29 is 69.1 Å². The zero-order valence-electron chi connectivity index (χ0n) is 36.0. The molecule has 0 spiro atoms. The molecule has 3 fully saturated rings. The van der Waals surface area contributed by atoms with Gasteiger partial charge in [0.1, 0.15) is 5.75 Å². The average Bonchev–Trinajstić information content (AvgIpc) is 3.98. The number of aryl methyl sites for hydroxylation is 4. The van der Waals surface area contributed by atoms with Gasteiger partial charge in [-0.05, 0) is 98.4 Å². The number of nitrogens with zero attached hydrogens (tertiary/aromatic N) is 2. The van der Waals surface area contributed by atoms with Gasteiger partial charge in [-0.25, -0.2) is 0 Å². The SMILES string of the molecule is C1CCOC1.C1CCOC1.C1CCOC1.COc1ccccc1C(c1cc(C)cc(C(C)(C)C)c1[O-])c1cc(C)cc(C(C)(C)C)c1[O-].Cc1cc(C)[n-]n1.[Gd+3]. The molecule has 1 aromatic heterocycles. The fourth-order valence-electron chi connectivity index (χ4n) is 6.60. The molecule has 1 radical (unpaired) electrons. The molecule has 0 bridgehead atoms. The van der Waals surface area contributed by atoms with Gasteiger partial charge in [-0.1, -0.05) is 108 Å². The Balaban J connectivity index is 0.000000372. The Morgan fingerprint density at radius 1 is 0.607 bits per heavy atom.